The Morgan fingerprint density at radius 2 is 2.14 bits per heavy atom. The van der Waals surface area contributed by atoms with Crippen LogP contribution in [0, 0.1) is 6.92 Å². The molecule has 0 aliphatic carbocycles. The normalized spacial score (nSPS) is 10.2. The summed E-state index contributed by atoms with van der Waals surface area (Å²) in [6.45, 7) is 2.07. The lowest BCUT2D eigenvalue weighted by atomic mass is 10.1. The summed E-state index contributed by atoms with van der Waals surface area (Å²) in [6, 6.07) is 5.39. The summed E-state index contributed by atoms with van der Waals surface area (Å²) in [4.78, 5) is 23.4. The highest BCUT2D eigenvalue weighted by molar-refractivity contribution is 9.10. The summed E-state index contributed by atoms with van der Waals surface area (Å²) in [5, 5.41) is 9.26. The van der Waals surface area contributed by atoms with Gasteiger partial charge in [0.1, 0.15) is 6.54 Å². The van der Waals surface area contributed by atoms with E-state index in [0.29, 0.717) is 11.3 Å². The van der Waals surface area contributed by atoms with E-state index in [1.165, 1.54) is 10.9 Å². The second-order valence-corrected chi connectivity index (χ2v) is 5.37. The summed E-state index contributed by atoms with van der Waals surface area (Å²) in [7, 11) is 1.56. The molecule has 0 unspecified atom stereocenters. The van der Waals surface area contributed by atoms with Crippen LogP contribution in [0.15, 0.2) is 35.1 Å². The molecular weight excluding hydrogens is 336 g/mol. The Bertz CT molecular complexity index is 681. The Labute approximate surface area is 130 Å². The van der Waals surface area contributed by atoms with Crippen LogP contribution < -0.4 is 10.6 Å². The first-order valence-corrected chi connectivity index (χ1v) is 7.09. The maximum absolute atomic E-state index is 12.1. The van der Waals surface area contributed by atoms with E-state index in [2.05, 4.69) is 31.7 Å². The molecule has 0 spiro atoms. The molecule has 21 heavy (non-hydrogen) atoms. The molecule has 2 aromatic rings. The minimum atomic E-state index is -0.227. The molecule has 2 N–H and O–H groups in total. The lowest BCUT2D eigenvalue weighted by molar-refractivity contribution is -0.121. The van der Waals surface area contributed by atoms with Crippen molar-refractivity contribution >= 4 is 33.4 Å². The molecule has 0 radical (unpaired) electrons. The fourth-order valence-electron chi connectivity index (χ4n) is 1.68. The molecule has 1 heterocycles. The van der Waals surface area contributed by atoms with E-state index >= 15 is 0 Å². The largest absolute Gasteiger partial charge is 0.358 e. The number of aromatic nitrogens is 2. The van der Waals surface area contributed by atoms with Gasteiger partial charge in [0.25, 0.3) is 5.91 Å². The number of carbonyl (C=O) groups excluding carboxylic acids is 2. The number of carbonyl (C=O) groups is 2. The van der Waals surface area contributed by atoms with Crippen molar-refractivity contribution in [2.75, 3.05) is 12.4 Å². The predicted octanol–water partition coefficient (Wildman–Crippen LogP) is 1.95. The number of aryl methyl sites for hydroxylation is 1. The molecule has 2 rings (SSSR count). The summed E-state index contributed by atoms with van der Waals surface area (Å²) >= 11 is 3.40. The zero-order chi connectivity index (χ0) is 15.4. The van der Waals surface area contributed by atoms with E-state index in [9.17, 15) is 9.59 Å². The molecule has 2 amide bonds. The van der Waals surface area contributed by atoms with Gasteiger partial charge in [-0.1, -0.05) is 22.0 Å². The SMILES string of the molecule is CNC(=O)Cn1cc(NC(=O)c2ccc(C)c(Br)c2)cn1. The number of halogens is 1. The maximum atomic E-state index is 12.1. The quantitative estimate of drug-likeness (QED) is 0.884. The van der Waals surface area contributed by atoms with Gasteiger partial charge in [0, 0.05) is 23.3 Å². The molecule has 0 fully saturated rings. The molecule has 0 bridgehead atoms. The summed E-state index contributed by atoms with van der Waals surface area (Å²) < 4.78 is 2.34. The minimum absolute atomic E-state index is 0.114. The standard InChI is InChI=1S/C14H15BrN4O2/c1-9-3-4-10(5-12(9)15)14(21)18-11-6-17-19(7-11)8-13(20)16-2/h3-7H,8H2,1-2H3,(H,16,20)(H,18,21). The van der Waals surface area contributed by atoms with Gasteiger partial charge in [-0.3, -0.25) is 14.3 Å². The third-order valence-electron chi connectivity index (χ3n) is 2.91. The first-order chi connectivity index (χ1) is 9.99. The van der Waals surface area contributed by atoms with Crippen molar-refractivity contribution in [1.29, 1.82) is 0 Å². The molecule has 0 aliphatic rings. The summed E-state index contributed by atoms with van der Waals surface area (Å²) in [6.07, 6.45) is 3.11. The van der Waals surface area contributed by atoms with E-state index in [1.807, 2.05) is 13.0 Å². The molecular formula is C14H15BrN4O2. The van der Waals surface area contributed by atoms with Gasteiger partial charge in [0.2, 0.25) is 5.91 Å². The molecule has 0 atom stereocenters. The summed E-state index contributed by atoms with van der Waals surface area (Å²) in [5.41, 5.74) is 2.15. The van der Waals surface area contributed by atoms with Crippen molar-refractivity contribution in [2.45, 2.75) is 13.5 Å². The van der Waals surface area contributed by atoms with Gasteiger partial charge in [-0.25, -0.2) is 0 Å². The third-order valence-corrected chi connectivity index (χ3v) is 3.76. The highest BCUT2D eigenvalue weighted by Crippen LogP contribution is 2.18. The summed E-state index contributed by atoms with van der Waals surface area (Å²) in [5.74, 6) is -0.381. The Hall–Kier alpha value is -2.15. The van der Waals surface area contributed by atoms with E-state index < -0.39 is 0 Å². The Morgan fingerprint density at radius 1 is 1.38 bits per heavy atom. The molecule has 0 saturated carbocycles. The van der Waals surface area contributed by atoms with E-state index in [1.54, 1.807) is 25.4 Å². The predicted molar refractivity (Wildman–Crippen MR) is 83.1 cm³/mol. The molecule has 110 valence electrons. The van der Waals surface area contributed by atoms with Crippen LogP contribution in [0.2, 0.25) is 0 Å². The smallest absolute Gasteiger partial charge is 0.255 e. The van der Waals surface area contributed by atoms with Gasteiger partial charge in [-0.05, 0) is 24.6 Å². The maximum Gasteiger partial charge on any atom is 0.255 e. The van der Waals surface area contributed by atoms with Gasteiger partial charge < -0.3 is 10.6 Å². The van der Waals surface area contributed by atoms with Crippen LogP contribution in [0.25, 0.3) is 0 Å². The highest BCUT2D eigenvalue weighted by Gasteiger charge is 2.09. The van der Waals surface area contributed by atoms with Crippen LogP contribution in [-0.4, -0.2) is 28.6 Å². The van der Waals surface area contributed by atoms with Crippen LogP contribution >= 0.6 is 15.9 Å². The fraction of sp³-hybridized carbons (Fsp3) is 0.214. The van der Waals surface area contributed by atoms with Crippen LogP contribution in [0.3, 0.4) is 0 Å². The van der Waals surface area contributed by atoms with Crippen LogP contribution in [0.1, 0.15) is 15.9 Å². The van der Waals surface area contributed by atoms with Crippen molar-refractivity contribution in [3.8, 4) is 0 Å². The third kappa shape index (κ3) is 3.91. The minimum Gasteiger partial charge on any atom is -0.358 e. The zero-order valence-electron chi connectivity index (χ0n) is 11.7. The fourth-order valence-corrected chi connectivity index (χ4v) is 2.06. The monoisotopic (exact) mass is 350 g/mol. The molecule has 0 aliphatic heterocycles. The van der Waals surface area contributed by atoms with Gasteiger partial charge in [-0.2, -0.15) is 5.10 Å². The number of nitrogens with one attached hydrogen (secondary N) is 2. The molecule has 7 heteroatoms. The average molecular weight is 351 g/mol. The number of anilines is 1. The number of rotatable bonds is 4. The van der Waals surface area contributed by atoms with Crippen molar-refractivity contribution < 1.29 is 9.59 Å². The lowest BCUT2D eigenvalue weighted by Crippen LogP contribution is -2.23. The van der Waals surface area contributed by atoms with E-state index in [-0.39, 0.29) is 18.4 Å². The number of amides is 2. The second-order valence-electron chi connectivity index (χ2n) is 4.52. The molecule has 6 nitrogen and oxygen atoms in total. The molecule has 1 aromatic heterocycles. The first kappa shape index (κ1) is 15.2. The topological polar surface area (TPSA) is 76.0 Å². The van der Waals surface area contributed by atoms with E-state index in [4.69, 9.17) is 0 Å². The van der Waals surface area contributed by atoms with Gasteiger partial charge in [-0.15, -0.1) is 0 Å². The second kappa shape index (κ2) is 6.53. The lowest BCUT2D eigenvalue weighted by Gasteiger charge is -2.04. The van der Waals surface area contributed by atoms with Crippen molar-refractivity contribution in [1.82, 2.24) is 15.1 Å². The zero-order valence-corrected chi connectivity index (χ0v) is 13.3. The van der Waals surface area contributed by atoms with Crippen molar-refractivity contribution in [3.63, 3.8) is 0 Å². The number of hydrogen-bond donors (Lipinski definition) is 2. The first-order valence-electron chi connectivity index (χ1n) is 6.30. The molecule has 1 aromatic carbocycles. The highest BCUT2D eigenvalue weighted by atomic mass is 79.9. The number of benzene rings is 1. The number of nitrogens with zero attached hydrogens (tertiary/aromatic N) is 2. The van der Waals surface area contributed by atoms with Crippen LogP contribution in [-0.2, 0) is 11.3 Å². The Kier molecular flexibility index (Phi) is 4.74. The number of hydrogen-bond acceptors (Lipinski definition) is 3. The van der Waals surface area contributed by atoms with Gasteiger partial charge in [0.15, 0.2) is 0 Å². The van der Waals surface area contributed by atoms with Crippen LogP contribution in [0.5, 0.6) is 0 Å². The number of likely N-dealkylation sites (N-methyl/N-ethyl adjacent to an activating group) is 1. The van der Waals surface area contributed by atoms with E-state index in [0.717, 1.165) is 10.0 Å². The average Bonchev–Trinajstić information content (AvgIpc) is 2.88. The van der Waals surface area contributed by atoms with Crippen molar-refractivity contribution in [2.24, 2.45) is 0 Å². The van der Waals surface area contributed by atoms with Crippen molar-refractivity contribution in [3.05, 3.63) is 46.2 Å². The van der Waals surface area contributed by atoms with Gasteiger partial charge >= 0.3 is 0 Å². The Morgan fingerprint density at radius 3 is 2.81 bits per heavy atom. The Balaban J connectivity index is 2.05. The van der Waals surface area contributed by atoms with Gasteiger partial charge in [0.05, 0.1) is 11.9 Å². The van der Waals surface area contributed by atoms with Crippen LogP contribution in [0.4, 0.5) is 5.69 Å². The molecule has 0 saturated heterocycles.